The van der Waals surface area contributed by atoms with Gasteiger partial charge in [0.25, 0.3) is 0 Å². The highest BCUT2D eigenvalue weighted by molar-refractivity contribution is 5.92. The molecule has 0 aliphatic heterocycles. The Kier molecular flexibility index (Phi) is 5.45. The van der Waals surface area contributed by atoms with Crippen LogP contribution in [0.2, 0.25) is 0 Å². The van der Waals surface area contributed by atoms with Crippen LogP contribution in [0.1, 0.15) is 16.8 Å². The maximum Gasteiger partial charge on any atom is 0.230 e. The van der Waals surface area contributed by atoms with Crippen molar-refractivity contribution in [3.8, 4) is 17.2 Å². The first-order chi connectivity index (χ1) is 13.0. The molecule has 1 N–H and O–H groups in total. The molecule has 6 heteroatoms. The van der Waals surface area contributed by atoms with E-state index in [2.05, 4.69) is 10.4 Å². The van der Waals surface area contributed by atoms with Crippen molar-refractivity contribution in [3.05, 3.63) is 65.4 Å². The zero-order valence-electron chi connectivity index (χ0n) is 15.9. The minimum atomic E-state index is -0.175. The number of aromatic nitrogens is 2. The van der Waals surface area contributed by atoms with E-state index in [1.807, 2.05) is 62.4 Å². The first-order valence-electron chi connectivity index (χ1n) is 8.65. The zero-order chi connectivity index (χ0) is 19.4. The van der Waals surface area contributed by atoms with E-state index in [9.17, 15) is 4.79 Å². The van der Waals surface area contributed by atoms with Gasteiger partial charge in [-0.1, -0.05) is 23.8 Å². The van der Waals surface area contributed by atoms with E-state index >= 15 is 0 Å². The Balaban J connectivity index is 1.85. The van der Waals surface area contributed by atoms with Crippen LogP contribution >= 0.6 is 0 Å². The van der Waals surface area contributed by atoms with Gasteiger partial charge in [0.05, 0.1) is 32.0 Å². The van der Waals surface area contributed by atoms with Gasteiger partial charge in [-0.3, -0.25) is 4.79 Å². The maximum atomic E-state index is 12.7. The predicted molar refractivity (Wildman–Crippen MR) is 105 cm³/mol. The van der Waals surface area contributed by atoms with Gasteiger partial charge in [-0.15, -0.1) is 0 Å². The average molecular weight is 365 g/mol. The van der Waals surface area contributed by atoms with Crippen molar-refractivity contribution < 1.29 is 14.3 Å². The quantitative estimate of drug-likeness (QED) is 0.724. The number of amides is 1. The first kappa shape index (κ1) is 18.5. The summed E-state index contributed by atoms with van der Waals surface area (Å²) >= 11 is 0. The van der Waals surface area contributed by atoms with Gasteiger partial charge in [0.15, 0.2) is 0 Å². The van der Waals surface area contributed by atoms with Crippen LogP contribution in [0.15, 0.2) is 48.5 Å². The molecule has 0 saturated carbocycles. The van der Waals surface area contributed by atoms with Gasteiger partial charge in [0.1, 0.15) is 17.3 Å². The summed E-state index contributed by atoms with van der Waals surface area (Å²) in [5.74, 6) is 1.68. The molecule has 3 rings (SSSR count). The van der Waals surface area contributed by atoms with Crippen molar-refractivity contribution in [3.63, 3.8) is 0 Å². The molecule has 0 atom stereocenters. The molecule has 6 nitrogen and oxygen atoms in total. The summed E-state index contributed by atoms with van der Waals surface area (Å²) in [6.45, 7) is 3.92. The van der Waals surface area contributed by atoms with Crippen molar-refractivity contribution in [1.82, 2.24) is 9.78 Å². The fraction of sp³-hybridized carbons (Fsp3) is 0.238. The van der Waals surface area contributed by atoms with Gasteiger partial charge in [-0.2, -0.15) is 5.10 Å². The van der Waals surface area contributed by atoms with Gasteiger partial charge < -0.3 is 14.8 Å². The lowest BCUT2D eigenvalue weighted by molar-refractivity contribution is -0.115. The van der Waals surface area contributed by atoms with Gasteiger partial charge >= 0.3 is 0 Å². The number of nitrogens with zero attached hydrogens (tertiary/aromatic N) is 2. The van der Waals surface area contributed by atoms with E-state index in [-0.39, 0.29) is 12.3 Å². The SMILES string of the molecule is COc1cccc(OC)c1CC(=O)Nc1cc(C)nn1-c1ccc(C)cc1. The Bertz CT molecular complexity index is 924. The molecule has 0 radical (unpaired) electrons. The number of hydrogen-bond donors (Lipinski definition) is 1. The Morgan fingerprint density at radius 2 is 1.67 bits per heavy atom. The molecule has 1 amide bonds. The highest BCUT2D eigenvalue weighted by Gasteiger charge is 2.16. The highest BCUT2D eigenvalue weighted by Crippen LogP contribution is 2.29. The van der Waals surface area contributed by atoms with E-state index in [0.717, 1.165) is 16.9 Å². The van der Waals surface area contributed by atoms with Gasteiger partial charge in [-0.25, -0.2) is 4.68 Å². The number of carbonyl (C=O) groups excluding carboxylic acids is 1. The molecule has 27 heavy (non-hydrogen) atoms. The van der Waals surface area contributed by atoms with Crippen LogP contribution in [-0.2, 0) is 11.2 Å². The molecule has 2 aromatic carbocycles. The number of ether oxygens (including phenoxy) is 2. The van der Waals surface area contributed by atoms with Crippen molar-refractivity contribution in [2.45, 2.75) is 20.3 Å². The standard InChI is InChI=1S/C21H23N3O3/c1-14-8-10-16(11-9-14)24-20(12-15(2)23-24)22-21(25)13-17-18(26-3)6-5-7-19(17)27-4/h5-12H,13H2,1-4H3,(H,22,25). The minimum absolute atomic E-state index is 0.130. The number of benzene rings is 2. The summed E-state index contributed by atoms with van der Waals surface area (Å²) in [6.07, 6.45) is 0.130. The number of methoxy groups -OCH3 is 2. The van der Waals surface area contributed by atoms with Crippen LogP contribution < -0.4 is 14.8 Å². The molecule has 0 fully saturated rings. The van der Waals surface area contributed by atoms with Crippen LogP contribution in [0.5, 0.6) is 11.5 Å². The topological polar surface area (TPSA) is 65.4 Å². The molecule has 0 spiro atoms. The largest absolute Gasteiger partial charge is 0.496 e. The second-order valence-corrected chi connectivity index (χ2v) is 6.28. The molecule has 1 aromatic heterocycles. The molecule has 140 valence electrons. The minimum Gasteiger partial charge on any atom is -0.496 e. The molecule has 1 heterocycles. The third-order valence-corrected chi connectivity index (χ3v) is 4.24. The third kappa shape index (κ3) is 4.11. The normalized spacial score (nSPS) is 10.5. The van der Waals surface area contributed by atoms with Crippen LogP contribution in [0.3, 0.4) is 0 Å². The van der Waals surface area contributed by atoms with Crippen LogP contribution in [-0.4, -0.2) is 29.9 Å². The van der Waals surface area contributed by atoms with E-state index in [1.54, 1.807) is 18.9 Å². The first-order valence-corrected chi connectivity index (χ1v) is 8.65. The van der Waals surface area contributed by atoms with Crippen molar-refractivity contribution in [1.29, 1.82) is 0 Å². The zero-order valence-corrected chi connectivity index (χ0v) is 15.9. The Hall–Kier alpha value is -3.28. The average Bonchev–Trinajstić information content (AvgIpc) is 3.02. The summed E-state index contributed by atoms with van der Waals surface area (Å²) in [6, 6.07) is 15.3. The Morgan fingerprint density at radius 1 is 1.04 bits per heavy atom. The number of rotatable bonds is 6. The van der Waals surface area contributed by atoms with Crippen LogP contribution in [0, 0.1) is 13.8 Å². The fourth-order valence-electron chi connectivity index (χ4n) is 2.92. The number of carbonyl (C=O) groups is 1. The predicted octanol–water partition coefficient (Wildman–Crippen LogP) is 3.69. The molecule has 0 saturated heterocycles. The summed E-state index contributed by atoms with van der Waals surface area (Å²) < 4.78 is 12.5. The number of aryl methyl sites for hydroxylation is 2. The van der Waals surface area contributed by atoms with E-state index in [1.165, 1.54) is 0 Å². The molecular formula is C21H23N3O3. The van der Waals surface area contributed by atoms with Crippen LogP contribution in [0.4, 0.5) is 5.82 Å². The van der Waals surface area contributed by atoms with Crippen molar-refractivity contribution in [2.24, 2.45) is 0 Å². The lowest BCUT2D eigenvalue weighted by Crippen LogP contribution is -2.18. The van der Waals surface area contributed by atoms with Crippen molar-refractivity contribution >= 4 is 11.7 Å². The summed E-state index contributed by atoms with van der Waals surface area (Å²) in [4.78, 5) is 12.7. The Morgan fingerprint density at radius 3 is 2.26 bits per heavy atom. The highest BCUT2D eigenvalue weighted by atomic mass is 16.5. The van der Waals surface area contributed by atoms with E-state index in [0.29, 0.717) is 22.9 Å². The summed E-state index contributed by atoms with van der Waals surface area (Å²) in [7, 11) is 3.15. The number of nitrogens with one attached hydrogen (secondary N) is 1. The molecule has 0 aliphatic rings. The third-order valence-electron chi connectivity index (χ3n) is 4.24. The van der Waals surface area contributed by atoms with Gasteiger partial charge in [0.2, 0.25) is 5.91 Å². The second kappa shape index (κ2) is 7.95. The number of anilines is 1. The molecule has 0 unspecified atom stereocenters. The molecule has 0 bridgehead atoms. The molecule has 0 aliphatic carbocycles. The van der Waals surface area contributed by atoms with Crippen molar-refractivity contribution in [2.75, 3.05) is 19.5 Å². The second-order valence-electron chi connectivity index (χ2n) is 6.28. The Labute approximate surface area is 158 Å². The van der Waals surface area contributed by atoms with E-state index in [4.69, 9.17) is 9.47 Å². The summed E-state index contributed by atoms with van der Waals surface area (Å²) in [5.41, 5.74) is 3.58. The van der Waals surface area contributed by atoms with E-state index < -0.39 is 0 Å². The molecular weight excluding hydrogens is 342 g/mol. The monoisotopic (exact) mass is 365 g/mol. The van der Waals surface area contributed by atoms with Crippen LogP contribution in [0.25, 0.3) is 5.69 Å². The fourth-order valence-corrected chi connectivity index (χ4v) is 2.92. The lowest BCUT2D eigenvalue weighted by Gasteiger charge is -2.13. The lowest BCUT2D eigenvalue weighted by atomic mass is 10.1. The van der Waals surface area contributed by atoms with Gasteiger partial charge in [0, 0.05) is 11.6 Å². The summed E-state index contributed by atoms with van der Waals surface area (Å²) in [5, 5.41) is 7.44. The number of hydrogen-bond acceptors (Lipinski definition) is 4. The van der Waals surface area contributed by atoms with Gasteiger partial charge in [-0.05, 0) is 38.1 Å². The molecule has 3 aromatic rings. The maximum absolute atomic E-state index is 12.7. The smallest absolute Gasteiger partial charge is 0.230 e.